The number of hydrogen-bond acceptors (Lipinski definition) is 3. The van der Waals surface area contributed by atoms with Crippen molar-refractivity contribution >= 4 is 5.97 Å². The minimum atomic E-state index is -1.11. The first-order valence-corrected chi connectivity index (χ1v) is 6.39. The number of esters is 1. The second-order valence-electron chi connectivity index (χ2n) is 5.02. The Bertz CT molecular complexity index is 493. The lowest BCUT2D eigenvalue weighted by Crippen LogP contribution is -2.40. The Morgan fingerprint density at radius 3 is 2.68 bits per heavy atom. The van der Waals surface area contributed by atoms with E-state index in [-0.39, 0.29) is 0 Å². The van der Waals surface area contributed by atoms with E-state index >= 15 is 0 Å². The predicted molar refractivity (Wildman–Crippen MR) is 71.4 cm³/mol. The molecular formula is C14H17N3O2. The molecule has 0 heterocycles. The number of ether oxygens (including phenoxy) is 1. The van der Waals surface area contributed by atoms with Crippen LogP contribution in [-0.2, 0) is 16.0 Å². The molecular weight excluding hydrogens is 242 g/mol. The molecule has 1 atom stereocenters. The number of hydrogen-bond donors (Lipinski definition) is 0. The van der Waals surface area contributed by atoms with Gasteiger partial charge < -0.3 is 4.74 Å². The van der Waals surface area contributed by atoms with Gasteiger partial charge in [0.2, 0.25) is 0 Å². The van der Waals surface area contributed by atoms with Crippen LogP contribution >= 0.6 is 0 Å². The van der Waals surface area contributed by atoms with Gasteiger partial charge in [-0.1, -0.05) is 48.3 Å². The average Bonchev–Trinajstić information content (AvgIpc) is 3.23. The summed E-state index contributed by atoms with van der Waals surface area (Å²) in [7, 11) is 1.34. The molecule has 19 heavy (non-hydrogen) atoms. The van der Waals surface area contributed by atoms with Gasteiger partial charge in [0.1, 0.15) is 0 Å². The maximum Gasteiger partial charge on any atom is 0.318 e. The molecule has 1 aliphatic carbocycles. The molecule has 5 nitrogen and oxygen atoms in total. The molecule has 1 saturated carbocycles. The lowest BCUT2D eigenvalue weighted by atomic mass is 9.86. The molecule has 5 heteroatoms. The van der Waals surface area contributed by atoms with Gasteiger partial charge in [-0.3, -0.25) is 4.79 Å². The van der Waals surface area contributed by atoms with Gasteiger partial charge in [-0.15, -0.1) is 0 Å². The Labute approximate surface area is 112 Å². The molecule has 100 valence electrons. The third-order valence-electron chi connectivity index (χ3n) is 3.46. The SMILES string of the molecule is COC(=O)[C@@](Cc1ccccc1)(CC1CC1)N=[N+]=[N-]. The highest BCUT2D eigenvalue weighted by atomic mass is 16.5. The minimum Gasteiger partial charge on any atom is -0.468 e. The first-order valence-electron chi connectivity index (χ1n) is 6.39. The molecule has 0 spiro atoms. The lowest BCUT2D eigenvalue weighted by molar-refractivity contribution is -0.147. The van der Waals surface area contributed by atoms with Crippen LogP contribution in [0.1, 0.15) is 24.8 Å². The van der Waals surface area contributed by atoms with Crippen molar-refractivity contribution in [2.75, 3.05) is 7.11 Å². The fraction of sp³-hybridized carbons (Fsp3) is 0.500. The number of benzene rings is 1. The molecule has 0 aromatic heterocycles. The van der Waals surface area contributed by atoms with Gasteiger partial charge in [0.15, 0.2) is 5.54 Å². The molecule has 1 aromatic rings. The highest BCUT2D eigenvalue weighted by Gasteiger charge is 2.43. The van der Waals surface area contributed by atoms with Gasteiger partial charge in [0.25, 0.3) is 0 Å². The van der Waals surface area contributed by atoms with E-state index < -0.39 is 11.5 Å². The van der Waals surface area contributed by atoms with Crippen LogP contribution in [0.15, 0.2) is 35.4 Å². The quantitative estimate of drug-likeness (QED) is 0.340. The fourth-order valence-electron chi connectivity index (χ4n) is 2.35. The molecule has 0 N–H and O–H groups in total. The van der Waals surface area contributed by atoms with Crippen molar-refractivity contribution in [1.82, 2.24) is 0 Å². The minimum absolute atomic E-state index is 0.390. The maximum atomic E-state index is 12.1. The van der Waals surface area contributed by atoms with E-state index in [4.69, 9.17) is 10.3 Å². The lowest BCUT2D eigenvalue weighted by Gasteiger charge is -2.26. The number of rotatable bonds is 6. The van der Waals surface area contributed by atoms with E-state index in [1.165, 1.54) is 7.11 Å². The number of nitrogens with zero attached hydrogens (tertiary/aromatic N) is 3. The van der Waals surface area contributed by atoms with Gasteiger partial charge in [-0.2, -0.15) is 0 Å². The van der Waals surface area contributed by atoms with Crippen LogP contribution in [0.5, 0.6) is 0 Å². The summed E-state index contributed by atoms with van der Waals surface area (Å²) in [4.78, 5) is 15.0. The zero-order valence-corrected chi connectivity index (χ0v) is 11.0. The first-order chi connectivity index (χ1) is 9.20. The largest absolute Gasteiger partial charge is 0.468 e. The van der Waals surface area contributed by atoms with Crippen molar-refractivity contribution in [1.29, 1.82) is 0 Å². The monoisotopic (exact) mass is 259 g/mol. The van der Waals surface area contributed by atoms with Crippen LogP contribution in [-0.4, -0.2) is 18.6 Å². The Morgan fingerprint density at radius 2 is 2.16 bits per heavy atom. The molecule has 0 radical (unpaired) electrons. The normalized spacial score (nSPS) is 17.1. The Kier molecular flexibility index (Phi) is 4.07. The van der Waals surface area contributed by atoms with Crippen molar-refractivity contribution in [3.05, 3.63) is 46.3 Å². The Balaban J connectivity index is 2.29. The molecule has 1 aliphatic rings. The van der Waals surface area contributed by atoms with Crippen molar-refractivity contribution in [3.8, 4) is 0 Å². The van der Waals surface area contributed by atoms with E-state index in [0.29, 0.717) is 18.8 Å². The Morgan fingerprint density at radius 1 is 1.47 bits per heavy atom. The van der Waals surface area contributed by atoms with Crippen LogP contribution in [0.25, 0.3) is 10.4 Å². The topological polar surface area (TPSA) is 75.1 Å². The number of carbonyl (C=O) groups excluding carboxylic acids is 1. The Hall–Kier alpha value is -2.00. The number of carbonyl (C=O) groups is 1. The van der Waals surface area contributed by atoms with Crippen molar-refractivity contribution < 1.29 is 9.53 Å². The van der Waals surface area contributed by atoms with Crippen LogP contribution in [0.3, 0.4) is 0 Å². The standard InChI is InChI=1S/C14H17N3O2/c1-19-13(18)14(16-17-15,10-12-7-8-12)9-11-5-3-2-4-6-11/h2-6,12H,7-10H2,1H3/t14-/m1/s1. The second kappa shape index (κ2) is 5.76. The highest BCUT2D eigenvalue weighted by Crippen LogP contribution is 2.40. The predicted octanol–water partition coefficient (Wildman–Crippen LogP) is 3.25. The molecule has 2 rings (SSSR count). The van der Waals surface area contributed by atoms with Crippen LogP contribution < -0.4 is 0 Å². The van der Waals surface area contributed by atoms with E-state index in [9.17, 15) is 4.79 Å². The smallest absolute Gasteiger partial charge is 0.318 e. The van der Waals surface area contributed by atoms with Crippen molar-refractivity contribution in [3.63, 3.8) is 0 Å². The van der Waals surface area contributed by atoms with Gasteiger partial charge >= 0.3 is 5.97 Å². The zero-order chi connectivity index (χ0) is 13.7. The third kappa shape index (κ3) is 3.26. The number of methoxy groups -OCH3 is 1. The molecule has 0 bridgehead atoms. The molecule has 0 unspecified atom stereocenters. The summed E-state index contributed by atoms with van der Waals surface area (Å²) in [6.45, 7) is 0. The van der Waals surface area contributed by atoms with Crippen LogP contribution in [0.4, 0.5) is 0 Å². The average molecular weight is 259 g/mol. The number of azide groups is 1. The van der Waals surface area contributed by atoms with E-state index in [2.05, 4.69) is 10.0 Å². The van der Waals surface area contributed by atoms with Gasteiger partial charge in [0.05, 0.1) is 7.11 Å². The summed E-state index contributed by atoms with van der Waals surface area (Å²) in [6.07, 6.45) is 3.14. The summed E-state index contributed by atoms with van der Waals surface area (Å²) in [5.41, 5.74) is 8.68. The summed E-state index contributed by atoms with van der Waals surface area (Å²) >= 11 is 0. The van der Waals surface area contributed by atoms with Crippen LogP contribution in [0.2, 0.25) is 0 Å². The molecule has 0 aliphatic heterocycles. The van der Waals surface area contributed by atoms with Crippen molar-refractivity contribution in [2.24, 2.45) is 11.0 Å². The van der Waals surface area contributed by atoms with Gasteiger partial charge in [-0.05, 0) is 29.9 Å². The molecule has 0 saturated heterocycles. The first kappa shape index (κ1) is 13.4. The van der Waals surface area contributed by atoms with Gasteiger partial charge in [0, 0.05) is 4.91 Å². The second-order valence-corrected chi connectivity index (χ2v) is 5.02. The summed E-state index contributed by atoms with van der Waals surface area (Å²) in [6, 6.07) is 9.59. The van der Waals surface area contributed by atoms with E-state index in [0.717, 1.165) is 18.4 Å². The van der Waals surface area contributed by atoms with Crippen molar-refractivity contribution in [2.45, 2.75) is 31.2 Å². The molecule has 1 aromatic carbocycles. The maximum absolute atomic E-state index is 12.1. The third-order valence-corrected chi connectivity index (χ3v) is 3.46. The highest BCUT2D eigenvalue weighted by molar-refractivity contribution is 5.81. The summed E-state index contributed by atoms with van der Waals surface area (Å²) in [5.74, 6) is 0.0226. The van der Waals surface area contributed by atoms with Crippen LogP contribution in [0, 0.1) is 5.92 Å². The van der Waals surface area contributed by atoms with E-state index in [1.807, 2.05) is 30.3 Å². The molecule has 0 amide bonds. The molecule has 1 fully saturated rings. The summed E-state index contributed by atoms with van der Waals surface area (Å²) in [5, 5.41) is 3.81. The zero-order valence-electron chi connectivity index (χ0n) is 11.0. The van der Waals surface area contributed by atoms with E-state index in [1.54, 1.807) is 0 Å². The van der Waals surface area contributed by atoms with Gasteiger partial charge in [-0.25, -0.2) is 0 Å². The summed E-state index contributed by atoms with van der Waals surface area (Å²) < 4.78 is 4.87. The fourth-order valence-corrected chi connectivity index (χ4v) is 2.35.